The molecule has 53 heavy (non-hydrogen) atoms. The van der Waals surface area contributed by atoms with Gasteiger partial charge in [-0.2, -0.15) is 0 Å². The normalized spacial score (nSPS) is 21.3. The summed E-state index contributed by atoms with van der Waals surface area (Å²) in [5.41, 5.74) is -0.635. The smallest absolute Gasteiger partial charge is 0.408 e. The second-order valence-corrected chi connectivity index (χ2v) is 16.6. The van der Waals surface area contributed by atoms with Gasteiger partial charge in [-0.15, -0.1) is 0 Å². The number of carbonyl (C=O) groups is 7. The zero-order valence-corrected chi connectivity index (χ0v) is 31.9. The summed E-state index contributed by atoms with van der Waals surface area (Å²) in [7, 11) is 0. The van der Waals surface area contributed by atoms with Crippen LogP contribution in [0, 0.1) is 23.2 Å². The lowest BCUT2D eigenvalue weighted by molar-refractivity contribution is -0.145. The number of rotatable bonds is 14. The van der Waals surface area contributed by atoms with Crippen molar-refractivity contribution in [1.29, 1.82) is 0 Å². The second kappa shape index (κ2) is 18.1. The first-order chi connectivity index (χ1) is 25.0. The first-order valence-electron chi connectivity index (χ1n) is 18.8. The summed E-state index contributed by atoms with van der Waals surface area (Å²) in [4.78, 5) is 94.5. The van der Waals surface area contributed by atoms with Crippen LogP contribution < -0.4 is 21.3 Å². The number of carbonyl (C=O) groups excluding carboxylic acids is 7. The highest BCUT2D eigenvalue weighted by Gasteiger charge is 2.50. The number of ketones is 1. The predicted molar refractivity (Wildman–Crippen MR) is 195 cm³/mol. The number of aldehydes is 1. The summed E-state index contributed by atoms with van der Waals surface area (Å²) in [6.07, 6.45) is 4.87. The van der Waals surface area contributed by atoms with Crippen LogP contribution in [0.2, 0.25) is 0 Å². The summed E-state index contributed by atoms with van der Waals surface area (Å²) < 4.78 is 10.8. The molecule has 3 aliphatic rings. The standard InChI is InChI=1S/C39H57N5O9/c1-38(2,3)27-17-18-44(36(50)31(26-15-11-8-12-16-26)43-37(51)53-39(4,5)6)32(27)34(48)42-28(19-24-22-52-23-24)33(47)35(49)40-20-30(46)41-29(21-45)25-13-9-7-10-14-25/h7,9-10,13-14,21,24,26-29,31-32H,8,11-12,15-20,22-23H2,1-6H3,(H,40,49)(H,41,46)(H,42,48)(H,43,51)/t27?,28?,29-,31+,32+/m1/s1. The Bertz CT molecular complexity index is 1480. The maximum absolute atomic E-state index is 14.5. The van der Waals surface area contributed by atoms with Gasteiger partial charge in [0.15, 0.2) is 0 Å². The molecule has 2 saturated heterocycles. The second-order valence-electron chi connectivity index (χ2n) is 16.6. The van der Waals surface area contributed by atoms with E-state index in [0.29, 0.717) is 31.5 Å². The minimum Gasteiger partial charge on any atom is -0.444 e. The van der Waals surface area contributed by atoms with E-state index in [1.807, 2.05) is 20.8 Å². The zero-order chi connectivity index (χ0) is 38.9. The molecule has 292 valence electrons. The van der Waals surface area contributed by atoms with E-state index < -0.39 is 71.3 Å². The number of benzene rings is 1. The van der Waals surface area contributed by atoms with Crippen LogP contribution >= 0.6 is 0 Å². The van der Waals surface area contributed by atoms with Crippen molar-refractivity contribution in [1.82, 2.24) is 26.2 Å². The number of hydrogen-bond acceptors (Lipinski definition) is 9. The Morgan fingerprint density at radius 1 is 0.906 bits per heavy atom. The van der Waals surface area contributed by atoms with Crippen LogP contribution in [0.5, 0.6) is 0 Å². The average Bonchev–Trinajstić information content (AvgIpc) is 3.55. The molecule has 0 bridgehead atoms. The number of amides is 5. The molecule has 4 N–H and O–H groups in total. The van der Waals surface area contributed by atoms with Gasteiger partial charge in [0.05, 0.1) is 25.8 Å². The van der Waals surface area contributed by atoms with Crippen molar-refractivity contribution in [3.63, 3.8) is 0 Å². The molecule has 1 aromatic rings. The molecular formula is C39H57N5O9. The molecule has 4 rings (SSSR count). The monoisotopic (exact) mass is 739 g/mol. The summed E-state index contributed by atoms with van der Waals surface area (Å²) in [5.74, 6) is -4.16. The minimum atomic E-state index is -1.25. The summed E-state index contributed by atoms with van der Waals surface area (Å²) in [6.45, 7) is 11.6. The van der Waals surface area contributed by atoms with Crippen LogP contribution in [0.15, 0.2) is 30.3 Å². The number of ether oxygens (including phenoxy) is 2. The Labute approximate surface area is 312 Å². The lowest BCUT2D eigenvalue weighted by Crippen LogP contribution is -2.60. The van der Waals surface area contributed by atoms with Crippen LogP contribution in [0.25, 0.3) is 0 Å². The van der Waals surface area contributed by atoms with Gasteiger partial charge >= 0.3 is 6.09 Å². The van der Waals surface area contributed by atoms with Gasteiger partial charge in [-0.25, -0.2) is 4.79 Å². The molecule has 2 heterocycles. The number of likely N-dealkylation sites (tertiary alicyclic amines) is 1. The van der Waals surface area contributed by atoms with E-state index in [0.717, 1.165) is 32.1 Å². The van der Waals surface area contributed by atoms with Crippen LogP contribution in [0.1, 0.15) is 98.1 Å². The molecule has 2 unspecified atom stereocenters. The summed E-state index contributed by atoms with van der Waals surface area (Å²) in [5, 5.41) is 10.5. The fraction of sp³-hybridized carbons (Fsp3) is 0.667. The van der Waals surface area contributed by atoms with Gasteiger partial charge in [-0.3, -0.25) is 24.0 Å². The van der Waals surface area contributed by atoms with E-state index in [4.69, 9.17) is 9.47 Å². The van der Waals surface area contributed by atoms with Gasteiger partial charge in [0.1, 0.15) is 30.0 Å². The summed E-state index contributed by atoms with van der Waals surface area (Å²) in [6, 6.07) is 4.50. The van der Waals surface area contributed by atoms with Gasteiger partial charge in [-0.05, 0) is 69.3 Å². The van der Waals surface area contributed by atoms with Crippen molar-refractivity contribution in [2.24, 2.45) is 23.2 Å². The molecule has 2 aliphatic heterocycles. The first-order valence-corrected chi connectivity index (χ1v) is 18.8. The quantitative estimate of drug-likeness (QED) is 0.164. The van der Waals surface area contributed by atoms with Crippen molar-refractivity contribution < 1.29 is 43.0 Å². The Morgan fingerprint density at radius 2 is 1.57 bits per heavy atom. The predicted octanol–water partition coefficient (Wildman–Crippen LogP) is 2.99. The third kappa shape index (κ3) is 11.6. The van der Waals surface area contributed by atoms with E-state index in [1.54, 1.807) is 51.1 Å². The van der Waals surface area contributed by atoms with Gasteiger partial charge in [0, 0.05) is 12.5 Å². The third-order valence-electron chi connectivity index (χ3n) is 10.3. The number of nitrogens with zero attached hydrogens (tertiary/aromatic N) is 1. The molecule has 1 saturated carbocycles. The lowest BCUT2D eigenvalue weighted by Gasteiger charge is -2.38. The topological polar surface area (TPSA) is 189 Å². The molecule has 14 heteroatoms. The van der Waals surface area contributed by atoms with Crippen molar-refractivity contribution in [2.75, 3.05) is 26.3 Å². The van der Waals surface area contributed by atoms with Crippen LogP contribution in [-0.2, 0) is 38.2 Å². The molecule has 0 spiro atoms. The van der Waals surface area contributed by atoms with Crippen LogP contribution in [0.4, 0.5) is 4.79 Å². The Balaban J connectivity index is 1.51. The van der Waals surface area contributed by atoms with E-state index in [-0.39, 0.29) is 36.6 Å². The first kappa shape index (κ1) is 41.4. The number of alkyl carbamates (subject to hydrolysis) is 1. The lowest BCUT2D eigenvalue weighted by atomic mass is 9.75. The number of nitrogens with one attached hydrogen (secondary N) is 4. The van der Waals surface area contributed by atoms with Gasteiger partial charge in [0.2, 0.25) is 23.5 Å². The van der Waals surface area contributed by atoms with Gasteiger partial charge < -0.3 is 40.4 Å². The van der Waals surface area contributed by atoms with E-state index >= 15 is 0 Å². The van der Waals surface area contributed by atoms with Crippen LogP contribution in [-0.4, -0.2) is 96.7 Å². The Morgan fingerprint density at radius 3 is 2.13 bits per heavy atom. The highest BCUT2D eigenvalue weighted by atomic mass is 16.6. The van der Waals surface area contributed by atoms with Crippen molar-refractivity contribution >= 4 is 41.8 Å². The molecular weight excluding hydrogens is 682 g/mol. The highest BCUT2D eigenvalue weighted by Crippen LogP contribution is 2.40. The Kier molecular flexibility index (Phi) is 14.2. The van der Waals surface area contributed by atoms with E-state index in [9.17, 15) is 33.6 Å². The molecule has 0 aromatic heterocycles. The van der Waals surface area contributed by atoms with Gasteiger partial charge in [-0.1, -0.05) is 70.4 Å². The molecule has 1 aliphatic carbocycles. The minimum absolute atomic E-state index is 0.0898. The summed E-state index contributed by atoms with van der Waals surface area (Å²) >= 11 is 0. The fourth-order valence-electron chi connectivity index (χ4n) is 7.46. The number of Topliss-reactive ketones (excluding diaryl/α,β-unsaturated/α-hetero) is 1. The van der Waals surface area contributed by atoms with E-state index in [2.05, 4.69) is 21.3 Å². The molecule has 3 fully saturated rings. The zero-order valence-electron chi connectivity index (χ0n) is 31.9. The average molecular weight is 740 g/mol. The molecule has 5 atom stereocenters. The molecule has 1 aromatic carbocycles. The molecule has 14 nitrogen and oxygen atoms in total. The number of hydrogen-bond donors (Lipinski definition) is 4. The van der Waals surface area contributed by atoms with Crippen LogP contribution in [0.3, 0.4) is 0 Å². The van der Waals surface area contributed by atoms with Crippen molar-refractivity contribution in [3.05, 3.63) is 35.9 Å². The fourth-order valence-corrected chi connectivity index (χ4v) is 7.46. The maximum Gasteiger partial charge on any atom is 0.408 e. The highest BCUT2D eigenvalue weighted by molar-refractivity contribution is 6.38. The molecule has 0 radical (unpaired) electrons. The van der Waals surface area contributed by atoms with E-state index in [1.165, 1.54) is 4.90 Å². The molecule has 5 amide bonds. The maximum atomic E-state index is 14.5. The third-order valence-corrected chi connectivity index (χ3v) is 10.3. The largest absolute Gasteiger partial charge is 0.444 e. The van der Waals surface area contributed by atoms with Gasteiger partial charge in [0.25, 0.3) is 5.91 Å². The van der Waals surface area contributed by atoms with Crippen molar-refractivity contribution in [2.45, 2.75) is 116 Å². The SMILES string of the molecule is CC(C)(C)OC(=O)N[C@H](C(=O)N1CCC(C(C)(C)C)[C@H]1C(=O)NC(CC1COC1)C(=O)C(=O)NCC(=O)N[C@H](C=O)c1ccccc1)C1CCCCC1. The Hall–Kier alpha value is -4.33. The van der Waals surface area contributed by atoms with Crippen molar-refractivity contribution in [3.8, 4) is 0 Å².